The Morgan fingerprint density at radius 3 is 2.85 bits per heavy atom. The van der Waals surface area contributed by atoms with Crippen molar-refractivity contribution in [3.05, 3.63) is 40.3 Å². The van der Waals surface area contributed by atoms with E-state index in [0.29, 0.717) is 28.5 Å². The molecule has 0 bridgehead atoms. The number of sulfonamides is 1. The van der Waals surface area contributed by atoms with Gasteiger partial charge in [-0.2, -0.15) is 8.42 Å². The van der Waals surface area contributed by atoms with E-state index in [0.717, 1.165) is 25.8 Å². The van der Waals surface area contributed by atoms with Crippen molar-refractivity contribution in [2.24, 2.45) is 4.40 Å². The van der Waals surface area contributed by atoms with E-state index in [4.69, 9.17) is 0 Å². The number of likely N-dealkylation sites (tertiary alicyclic amines) is 1. The van der Waals surface area contributed by atoms with Crippen LogP contribution in [-0.2, 0) is 10.0 Å². The summed E-state index contributed by atoms with van der Waals surface area (Å²) in [6.45, 7) is 2.56. The molecule has 7 nitrogen and oxygen atoms in total. The molecule has 27 heavy (non-hydrogen) atoms. The summed E-state index contributed by atoms with van der Waals surface area (Å²) < 4.78 is 29.5. The predicted molar refractivity (Wildman–Crippen MR) is 107 cm³/mol. The van der Waals surface area contributed by atoms with Gasteiger partial charge in [-0.05, 0) is 38.0 Å². The first-order valence-corrected chi connectivity index (χ1v) is 11.1. The first-order valence-electron chi connectivity index (χ1n) is 8.73. The maximum absolute atomic E-state index is 12.7. The van der Waals surface area contributed by atoms with E-state index in [1.165, 1.54) is 23.5 Å². The maximum Gasteiger partial charge on any atom is 0.284 e. The third kappa shape index (κ3) is 4.72. The molecule has 1 aromatic heterocycles. The highest BCUT2D eigenvalue weighted by Crippen LogP contribution is 2.21. The molecule has 1 aliphatic heterocycles. The number of amides is 1. The highest BCUT2D eigenvalue weighted by Gasteiger charge is 2.19. The van der Waals surface area contributed by atoms with Crippen molar-refractivity contribution < 1.29 is 13.2 Å². The summed E-state index contributed by atoms with van der Waals surface area (Å²) in [4.78, 5) is 18.9. The van der Waals surface area contributed by atoms with Crippen molar-refractivity contribution in [3.8, 4) is 0 Å². The summed E-state index contributed by atoms with van der Waals surface area (Å²) in [5, 5.41) is 2.73. The first-order chi connectivity index (χ1) is 12.9. The number of rotatable bonds is 4. The highest BCUT2D eigenvalue weighted by atomic mass is 32.2. The Bertz CT molecular complexity index is 966. The molecule has 144 valence electrons. The lowest BCUT2D eigenvalue weighted by Gasteiger charge is -2.17. The lowest BCUT2D eigenvalue weighted by atomic mass is 10.2. The second-order valence-corrected chi connectivity index (χ2v) is 8.92. The molecule has 1 fully saturated rings. The second-order valence-electron chi connectivity index (χ2n) is 6.46. The Morgan fingerprint density at radius 1 is 1.30 bits per heavy atom. The fourth-order valence-corrected chi connectivity index (χ4v) is 4.72. The van der Waals surface area contributed by atoms with E-state index in [9.17, 15) is 13.2 Å². The largest absolute Gasteiger partial charge is 0.362 e. The lowest BCUT2D eigenvalue weighted by molar-refractivity contribution is 0.102. The standard InChI is InChI=1S/C18H22N4O3S2/c1-13-17(26-12-19-13)18(23)20-14-7-6-8-15(11-14)27(24,25)21-16-9-4-3-5-10-22(16)2/h6-8,11-12H,3-5,9-10H2,1-2H3,(H,20,23)/b21-16+. The van der Waals surface area contributed by atoms with Crippen LogP contribution in [0.1, 0.15) is 41.0 Å². The van der Waals surface area contributed by atoms with Crippen molar-refractivity contribution in [1.29, 1.82) is 0 Å². The third-order valence-electron chi connectivity index (χ3n) is 4.40. The Hall–Kier alpha value is -2.26. The van der Waals surface area contributed by atoms with Crippen molar-refractivity contribution >= 4 is 38.8 Å². The van der Waals surface area contributed by atoms with Gasteiger partial charge in [0.1, 0.15) is 10.7 Å². The van der Waals surface area contributed by atoms with Crippen molar-refractivity contribution in [2.45, 2.75) is 37.5 Å². The van der Waals surface area contributed by atoms with Gasteiger partial charge in [-0.15, -0.1) is 15.7 Å². The number of nitrogens with zero attached hydrogens (tertiary/aromatic N) is 3. The molecular weight excluding hydrogens is 384 g/mol. The molecule has 0 radical (unpaired) electrons. The molecule has 0 atom stereocenters. The molecular formula is C18H22N4O3S2. The van der Waals surface area contributed by atoms with E-state index >= 15 is 0 Å². The minimum Gasteiger partial charge on any atom is -0.362 e. The quantitative estimate of drug-likeness (QED) is 0.841. The van der Waals surface area contributed by atoms with E-state index in [1.807, 2.05) is 11.9 Å². The van der Waals surface area contributed by atoms with Crippen LogP contribution in [0.15, 0.2) is 39.1 Å². The number of hydrogen-bond donors (Lipinski definition) is 1. The number of hydrogen-bond acceptors (Lipinski definition) is 5. The van der Waals surface area contributed by atoms with Gasteiger partial charge < -0.3 is 10.2 Å². The maximum atomic E-state index is 12.7. The van der Waals surface area contributed by atoms with Crippen LogP contribution < -0.4 is 5.32 Å². The van der Waals surface area contributed by atoms with Gasteiger partial charge in [-0.25, -0.2) is 4.98 Å². The number of thiazole rings is 1. The van der Waals surface area contributed by atoms with Gasteiger partial charge in [-0.3, -0.25) is 4.79 Å². The molecule has 0 spiro atoms. The summed E-state index contributed by atoms with van der Waals surface area (Å²) >= 11 is 1.24. The van der Waals surface area contributed by atoms with E-state index in [1.54, 1.807) is 24.6 Å². The summed E-state index contributed by atoms with van der Waals surface area (Å²) in [5.74, 6) is 0.279. The Kier molecular flexibility index (Phi) is 5.91. The molecule has 1 saturated heterocycles. The van der Waals surface area contributed by atoms with Crippen LogP contribution in [0.2, 0.25) is 0 Å². The van der Waals surface area contributed by atoms with E-state index in [-0.39, 0.29) is 10.8 Å². The SMILES string of the molecule is Cc1ncsc1C(=O)Nc1cccc(S(=O)(=O)/N=C2\CCCCCN2C)c1. The average Bonchev–Trinajstić information content (AvgIpc) is 2.96. The molecule has 1 aromatic carbocycles. The van der Waals surface area contributed by atoms with E-state index < -0.39 is 10.0 Å². The number of aryl methyl sites for hydroxylation is 1. The fraction of sp³-hybridized carbons (Fsp3) is 0.389. The predicted octanol–water partition coefficient (Wildman–Crippen LogP) is 3.30. The van der Waals surface area contributed by atoms with Crippen LogP contribution in [0.4, 0.5) is 5.69 Å². The number of anilines is 1. The smallest absolute Gasteiger partial charge is 0.284 e. The number of carbonyl (C=O) groups excluding carboxylic acids is 1. The first kappa shape index (κ1) is 19.5. The zero-order valence-electron chi connectivity index (χ0n) is 15.3. The van der Waals surface area contributed by atoms with Gasteiger partial charge in [0.25, 0.3) is 15.9 Å². The number of amidine groups is 1. The Labute approximate surface area is 163 Å². The third-order valence-corrected chi connectivity index (χ3v) is 6.63. The van der Waals surface area contributed by atoms with Crippen LogP contribution in [0, 0.1) is 6.92 Å². The zero-order valence-corrected chi connectivity index (χ0v) is 16.9. The highest BCUT2D eigenvalue weighted by molar-refractivity contribution is 7.90. The topological polar surface area (TPSA) is 91.7 Å². The van der Waals surface area contributed by atoms with Gasteiger partial charge >= 0.3 is 0 Å². The zero-order chi connectivity index (χ0) is 19.4. The molecule has 3 rings (SSSR count). The van der Waals surface area contributed by atoms with Gasteiger partial charge in [0.2, 0.25) is 0 Å². The second kappa shape index (κ2) is 8.18. The van der Waals surface area contributed by atoms with E-state index in [2.05, 4.69) is 14.7 Å². The van der Waals surface area contributed by atoms with Gasteiger partial charge in [0, 0.05) is 25.7 Å². The molecule has 2 heterocycles. The number of carbonyl (C=O) groups is 1. The van der Waals surface area contributed by atoms with Crippen LogP contribution >= 0.6 is 11.3 Å². The molecule has 0 saturated carbocycles. The summed E-state index contributed by atoms with van der Waals surface area (Å²) in [7, 11) is -1.98. The van der Waals surface area contributed by atoms with Crippen molar-refractivity contribution in [1.82, 2.24) is 9.88 Å². The number of benzene rings is 1. The van der Waals surface area contributed by atoms with Crippen LogP contribution in [-0.4, -0.2) is 43.6 Å². The van der Waals surface area contributed by atoms with Crippen LogP contribution in [0.5, 0.6) is 0 Å². The van der Waals surface area contributed by atoms with Crippen LogP contribution in [0.25, 0.3) is 0 Å². The minimum atomic E-state index is -3.84. The summed E-state index contributed by atoms with van der Waals surface area (Å²) in [6.07, 6.45) is 3.69. The summed E-state index contributed by atoms with van der Waals surface area (Å²) in [6, 6.07) is 6.17. The van der Waals surface area contributed by atoms with Crippen LogP contribution in [0.3, 0.4) is 0 Å². The molecule has 1 aliphatic rings. The summed E-state index contributed by atoms with van der Waals surface area (Å²) in [5.41, 5.74) is 2.65. The Balaban J connectivity index is 1.83. The molecule has 9 heteroatoms. The molecule has 1 N–H and O–H groups in total. The van der Waals surface area contributed by atoms with Crippen molar-refractivity contribution in [2.75, 3.05) is 18.9 Å². The van der Waals surface area contributed by atoms with Crippen molar-refractivity contribution in [3.63, 3.8) is 0 Å². The monoisotopic (exact) mass is 406 g/mol. The number of nitrogens with one attached hydrogen (secondary N) is 1. The Morgan fingerprint density at radius 2 is 2.11 bits per heavy atom. The van der Waals surface area contributed by atoms with Gasteiger partial charge in [-0.1, -0.05) is 12.5 Å². The van der Waals surface area contributed by atoms with Gasteiger partial charge in [0.05, 0.1) is 16.1 Å². The molecule has 1 amide bonds. The number of aromatic nitrogens is 1. The lowest BCUT2D eigenvalue weighted by Crippen LogP contribution is -2.26. The molecule has 2 aromatic rings. The molecule has 0 aliphatic carbocycles. The average molecular weight is 407 g/mol. The normalized spacial score (nSPS) is 17.0. The fourth-order valence-electron chi connectivity index (χ4n) is 2.88. The molecule has 0 unspecified atom stereocenters. The van der Waals surface area contributed by atoms with Gasteiger partial charge in [0.15, 0.2) is 0 Å². The minimum absolute atomic E-state index is 0.0615.